The summed E-state index contributed by atoms with van der Waals surface area (Å²) in [6.45, 7) is 4.82. The Morgan fingerprint density at radius 3 is 2.64 bits per heavy atom. The highest BCUT2D eigenvalue weighted by Crippen LogP contribution is 2.48. The van der Waals surface area contributed by atoms with Crippen LogP contribution >= 0.6 is 7.75 Å². The molecule has 1 aromatic carbocycles. The molecule has 0 bridgehead atoms. The van der Waals surface area contributed by atoms with Gasteiger partial charge in [0, 0.05) is 0 Å². The number of ether oxygens (including phenoxy) is 2. The van der Waals surface area contributed by atoms with Crippen molar-refractivity contribution >= 4 is 25.1 Å². The molecule has 42 heavy (non-hydrogen) atoms. The van der Waals surface area contributed by atoms with Gasteiger partial charge in [-0.2, -0.15) is 15.4 Å². The number of carbonyl (C=O) groups is 1. The number of aliphatic hydroxyl groups excluding tert-OH is 2. The Hall–Kier alpha value is -3.57. The minimum atomic E-state index is -4.41. The number of hydrogen-bond donors (Lipinski definition) is 4. The van der Waals surface area contributed by atoms with Crippen molar-refractivity contribution in [3.05, 3.63) is 54.5 Å². The molecule has 0 spiro atoms. The predicted octanol–water partition coefficient (Wildman–Crippen LogP) is 2.53. The van der Waals surface area contributed by atoms with Gasteiger partial charge in [-0.15, -0.1) is 0 Å². The van der Waals surface area contributed by atoms with E-state index < -0.39 is 50.3 Å². The van der Waals surface area contributed by atoms with E-state index in [1.165, 1.54) is 29.9 Å². The zero-order valence-corrected chi connectivity index (χ0v) is 24.4. The fraction of sp³-hybridized carbons (Fsp3) is 0.481. The van der Waals surface area contributed by atoms with E-state index >= 15 is 0 Å². The number of anilines is 1. The molecule has 0 radical (unpaired) electrons. The minimum absolute atomic E-state index is 0.152. The first-order valence-corrected chi connectivity index (χ1v) is 15.1. The summed E-state index contributed by atoms with van der Waals surface area (Å²) in [6, 6.07) is 12.0. The van der Waals surface area contributed by atoms with Crippen molar-refractivity contribution < 1.29 is 38.1 Å². The molecule has 15 heteroatoms. The number of benzene rings is 1. The summed E-state index contributed by atoms with van der Waals surface area (Å²) in [4.78, 5) is 16.6. The Morgan fingerprint density at radius 1 is 1.26 bits per heavy atom. The summed E-state index contributed by atoms with van der Waals surface area (Å²) in [5.41, 5.74) is 4.44. The van der Waals surface area contributed by atoms with Crippen LogP contribution in [-0.4, -0.2) is 67.8 Å². The third-order valence-electron chi connectivity index (χ3n) is 7.18. The largest absolute Gasteiger partial charge is 0.464 e. The third-order valence-corrected chi connectivity index (χ3v) is 8.80. The van der Waals surface area contributed by atoms with Gasteiger partial charge < -0.3 is 29.9 Å². The second-order valence-electron chi connectivity index (χ2n) is 10.0. The number of nitrogens with zero attached hydrogens (tertiary/aromatic N) is 4. The molecule has 0 unspecified atom stereocenters. The van der Waals surface area contributed by atoms with Gasteiger partial charge in [0.15, 0.2) is 5.82 Å². The average Bonchev–Trinajstić information content (AvgIpc) is 3.52. The lowest BCUT2D eigenvalue weighted by atomic mass is 9.96. The summed E-state index contributed by atoms with van der Waals surface area (Å²) >= 11 is 0. The summed E-state index contributed by atoms with van der Waals surface area (Å²) in [7, 11) is -4.41. The molecule has 226 valence electrons. The number of nitrogens with one attached hydrogen (secondary N) is 1. The van der Waals surface area contributed by atoms with Gasteiger partial charge in [-0.05, 0) is 37.1 Å². The van der Waals surface area contributed by atoms with E-state index in [-0.39, 0.29) is 24.1 Å². The summed E-state index contributed by atoms with van der Waals surface area (Å²) in [6.07, 6.45) is -1.75. The van der Waals surface area contributed by atoms with Crippen LogP contribution in [0.2, 0.25) is 0 Å². The van der Waals surface area contributed by atoms with E-state index in [1.54, 1.807) is 30.3 Å². The zero-order chi connectivity index (χ0) is 30.5. The number of para-hydroxylation sites is 1. The molecule has 2 aromatic heterocycles. The lowest BCUT2D eigenvalue weighted by Crippen LogP contribution is -2.46. The molecule has 1 saturated heterocycles. The van der Waals surface area contributed by atoms with Gasteiger partial charge in [0.2, 0.25) is 5.60 Å². The van der Waals surface area contributed by atoms with Crippen LogP contribution in [0.15, 0.2) is 48.8 Å². The van der Waals surface area contributed by atoms with Crippen molar-refractivity contribution in [1.82, 2.24) is 19.7 Å². The lowest BCUT2D eigenvalue weighted by Gasteiger charge is -2.28. The van der Waals surface area contributed by atoms with Crippen molar-refractivity contribution in [3.8, 4) is 11.8 Å². The van der Waals surface area contributed by atoms with E-state index in [1.807, 2.05) is 19.9 Å². The normalized spacial score (nSPS) is 24.3. The molecule has 6 atom stereocenters. The number of nitrogens with two attached hydrogens (primary N) is 1. The number of esters is 1. The highest BCUT2D eigenvalue weighted by atomic mass is 31.2. The third kappa shape index (κ3) is 6.57. The van der Waals surface area contributed by atoms with Crippen molar-refractivity contribution in [3.63, 3.8) is 0 Å². The topological polar surface area (TPSA) is 204 Å². The Morgan fingerprint density at radius 2 is 1.98 bits per heavy atom. The van der Waals surface area contributed by atoms with E-state index in [9.17, 15) is 24.8 Å². The highest BCUT2D eigenvalue weighted by molar-refractivity contribution is 7.52. The number of fused-ring (bicyclic) bond motifs is 1. The maximum Gasteiger partial charge on any atom is 0.459 e. The van der Waals surface area contributed by atoms with Gasteiger partial charge in [-0.25, -0.2) is 14.1 Å². The Labute approximate surface area is 242 Å². The Kier molecular flexibility index (Phi) is 9.83. The molecule has 3 aromatic rings. The van der Waals surface area contributed by atoms with Crippen LogP contribution in [-0.2, 0) is 23.4 Å². The molecule has 1 fully saturated rings. The first kappa shape index (κ1) is 31.4. The van der Waals surface area contributed by atoms with Crippen LogP contribution in [0, 0.1) is 17.2 Å². The number of rotatable bonds is 13. The standard InChI is InChI=1S/C27H35N6O8P/c1-4-18(5-2)13-38-26(36)17(3)32-42(37,41-19-9-7-6-8-10-19)39-15-27(14-28)24(35)22(34)23(40-27)20-11-12-21-25(29)30-16-31-33(20)21/h6-12,16-18,22-24,34-35H,4-5,13,15H2,1-3H3,(H,32,37)(H2,29,30,31)/t17-,22+,23+,24+,27-,42-/m1/s1. The fourth-order valence-electron chi connectivity index (χ4n) is 4.51. The molecule has 0 saturated carbocycles. The molecule has 0 aliphatic carbocycles. The van der Waals surface area contributed by atoms with Gasteiger partial charge in [-0.1, -0.05) is 44.9 Å². The van der Waals surface area contributed by atoms with E-state index in [4.69, 9.17) is 24.3 Å². The van der Waals surface area contributed by atoms with Crippen molar-refractivity contribution in [2.75, 3.05) is 18.9 Å². The van der Waals surface area contributed by atoms with Crippen molar-refractivity contribution in [2.24, 2.45) is 5.92 Å². The smallest absolute Gasteiger partial charge is 0.459 e. The van der Waals surface area contributed by atoms with Crippen LogP contribution < -0.4 is 15.3 Å². The minimum Gasteiger partial charge on any atom is -0.464 e. The summed E-state index contributed by atoms with van der Waals surface area (Å²) in [5, 5.41) is 38.6. The predicted molar refractivity (Wildman–Crippen MR) is 150 cm³/mol. The van der Waals surface area contributed by atoms with Crippen LogP contribution in [0.3, 0.4) is 0 Å². The molecule has 3 heterocycles. The number of carbonyl (C=O) groups excluding carboxylic acids is 1. The zero-order valence-electron chi connectivity index (χ0n) is 23.5. The second-order valence-corrected chi connectivity index (χ2v) is 11.7. The van der Waals surface area contributed by atoms with Gasteiger partial charge in [0.1, 0.15) is 54.6 Å². The van der Waals surface area contributed by atoms with Crippen LogP contribution in [0.1, 0.15) is 45.4 Å². The van der Waals surface area contributed by atoms with Gasteiger partial charge in [0.05, 0.1) is 12.3 Å². The molecule has 4 rings (SSSR count). The Bertz CT molecular complexity index is 1460. The highest BCUT2D eigenvalue weighted by Gasteiger charge is 2.57. The number of aromatic nitrogens is 3. The maximum atomic E-state index is 14.0. The Balaban J connectivity index is 1.55. The van der Waals surface area contributed by atoms with Crippen LogP contribution in [0.5, 0.6) is 5.75 Å². The van der Waals surface area contributed by atoms with Crippen LogP contribution in [0.4, 0.5) is 5.82 Å². The van der Waals surface area contributed by atoms with Gasteiger partial charge in [0.25, 0.3) is 0 Å². The molecule has 1 aliphatic heterocycles. The van der Waals surface area contributed by atoms with Crippen molar-refractivity contribution in [1.29, 1.82) is 5.26 Å². The SMILES string of the molecule is CCC(CC)COC(=O)[C@@H](C)N[P@@](=O)(OC[C@@]1(C#N)O[C@@H](c2ccc3c(N)ncnn23)[C@H](O)[C@@H]1O)Oc1ccccc1. The average molecular weight is 603 g/mol. The fourth-order valence-corrected chi connectivity index (χ4v) is 6.03. The number of nitrogen functional groups attached to an aromatic ring is 1. The quantitative estimate of drug-likeness (QED) is 0.164. The van der Waals surface area contributed by atoms with E-state index in [0.717, 1.165) is 12.8 Å². The summed E-state index contributed by atoms with van der Waals surface area (Å²) in [5.74, 6) is -0.163. The van der Waals surface area contributed by atoms with Crippen molar-refractivity contribution in [2.45, 2.75) is 63.6 Å². The molecule has 1 aliphatic rings. The molecule has 14 nitrogen and oxygen atoms in total. The van der Waals surface area contributed by atoms with Gasteiger partial charge >= 0.3 is 13.7 Å². The van der Waals surface area contributed by atoms with Gasteiger partial charge in [-0.3, -0.25) is 9.32 Å². The maximum absolute atomic E-state index is 14.0. The van der Waals surface area contributed by atoms with E-state index in [2.05, 4.69) is 15.2 Å². The molecule has 5 N–H and O–H groups in total. The number of aliphatic hydroxyl groups is 2. The lowest BCUT2D eigenvalue weighted by molar-refractivity contribution is -0.146. The monoisotopic (exact) mass is 602 g/mol. The number of nitriles is 1. The first-order chi connectivity index (χ1) is 20.1. The van der Waals surface area contributed by atoms with E-state index in [0.29, 0.717) is 11.2 Å². The molecular weight excluding hydrogens is 567 g/mol. The molecular formula is C27H35N6O8P. The van der Waals surface area contributed by atoms with Crippen LogP contribution in [0.25, 0.3) is 5.52 Å². The first-order valence-electron chi connectivity index (χ1n) is 13.5. The molecule has 0 amide bonds. The number of hydrogen-bond acceptors (Lipinski definition) is 12. The summed E-state index contributed by atoms with van der Waals surface area (Å²) < 4.78 is 37.9. The second kappa shape index (κ2) is 13.2.